The molecule has 6 heteroatoms. The summed E-state index contributed by atoms with van der Waals surface area (Å²) in [4.78, 5) is 14.2. The standard InChI is InChI=1S/C14H18BrN3O2/c15-11-3-1-10(2-4-11)9-14(19)18(12-5-6-12)8-7-13(16)17-20/h1-4,12,20H,5-9H2,(H2,16,17). The largest absolute Gasteiger partial charge is 0.409 e. The Morgan fingerprint density at radius 2 is 2.05 bits per heavy atom. The van der Waals surface area contributed by atoms with Gasteiger partial charge >= 0.3 is 0 Å². The van der Waals surface area contributed by atoms with Crippen LogP contribution in [-0.4, -0.2) is 34.4 Å². The highest BCUT2D eigenvalue weighted by Crippen LogP contribution is 2.27. The molecule has 0 aromatic heterocycles. The van der Waals surface area contributed by atoms with Gasteiger partial charge in [-0.2, -0.15) is 0 Å². The first-order valence-corrected chi connectivity index (χ1v) is 7.39. The van der Waals surface area contributed by atoms with Gasteiger partial charge in [0, 0.05) is 23.5 Å². The highest BCUT2D eigenvalue weighted by Gasteiger charge is 2.32. The number of amidine groups is 1. The van der Waals surface area contributed by atoms with Crippen molar-refractivity contribution >= 4 is 27.7 Å². The van der Waals surface area contributed by atoms with Gasteiger partial charge in [0.05, 0.1) is 6.42 Å². The van der Waals surface area contributed by atoms with Crippen LogP contribution < -0.4 is 5.73 Å². The van der Waals surface area contributed by atoms with Crippen LogP contribution in [0.1, 0.15) is 24.8 Å². The lowest BCUT2D eigenvalue weighted by atomic mass is 10.1. The van der Waals surface area contributed by atoms with E-state index in [0.717, 1.165) is 22.9 Å². The first kappa shape index (κ1) is 14.8. The first-order chi connectivity index (χ1) is 9.60. The fourth-order valence-corrected chi connectivity index (χ4v) is 2.32. The smallest absolute Gasteiger partial charge is 0.227 e. The summed E-state index contributed by atoms with van der Waals surface area (Å²) in [5.41, 5.74) is 6.46. The van der Waals surface area contributed by atoms with Crippen LogP contribution in [-0.2, 0) is 11.2 Å². The minimum atomic E-state index is 0.0977. The van der Waals surface area contributed by atoms with Gasteiger partial charge in [0.15, 0.2) is 0 Å². The minimum Gasteiger partial charge on any atom is -0.409 e. The molecule has 0 radical (unpaired) electrons. The van der Waals surface area contributed by atoms with Crippen LogP contribution in [0.2, 0.25) is 0 Å². The molecule has 0 aliphatic heterocycles. The van der Waals surface area contributed by atoms with E-state index in [1.165, 1.54) is 0 Å². The quantitative estimate of drug-likeness (QED) is 0.360. The third kappa shape index (κ3) is 4.23. The maximum Gasteiger partial charge on any atom is 0.227 e. The van der Waals surface area contributed by atoms with Crippen LogP contribution in [0, 0.1) is 0 Å². The molecule has 1 aromatic carbocycles. The lowest BCUT2D eigenvalue weighted by molar-refractivity contribution is -0.130. The lowest BCUT2D eigenvalue weighted by Gasteiger charge is -2.22. The highest BCUT2D eigenvalue weighted by molar-refractivity contribution is 9.10. The van der Waals surface area contributed by atoms with Gasteiger partial charge in [0.1, 0.15) is 5.84 Å². The Labute approximate surface area is 126 Å². The van der Waals surface area contributed by atoms with Crippen molar-refractivity contribution in [1.29, 1.82) is 0 Å². The summed E-state index contributed by atoms with van der Waals surface area (Å²) in [5.74, 6) is 0.257. The number of carbonyl (C=O) groups is 1. The normalized spacial score (nSPS) is 15.2. The Balaban J connectivity index is 1.94. The molecule has 20 heavy (non-hydrogen) atoms. The van der Waals surface area contributed by atoms with E-state index in [1.54, 1.807) is 0 Å². The van der Waals surface area contributed by atoms with E-state index in [4.69, 9.17) is 10.9 Å². The second-order valence-corrected chi connectivity index (χ2v) is 5.88. The van der Waals surface area contributed by atoms with Gasteiger partial charge in [0.25, 0.3) is 0 Å². The molecular weight excluding hydrogens is 322 g/mol. The van der Waals surface area contributed by atoms with E-state index in [1.807, 2.05) is 29.2 Å². The molecule has 0 heterocycles. The summed E-state index contributed by atoms with van der Waals surface area (Å²) in [6.45, 7) is 0.510. The van der Waals surface area contributed by atoms with Crippen molar-refractivity contribution in [2.45, 2.75) is 31.7 Å². The fraction of sp³-hybridized carbons (Fsp3) is 0.429. The number of rotatable bonds is 6. The van der Waals surface area contributed by atoms with Gasteiger partial charge in [-0.05, 0) is 30.5 Å². The van der Waals surface area contributed by atoms with E-state index in [2.05, 4.69) is 21.1 Å². The lowest BCUT2D eigenvalue weighted by Crippen LogP contribution is -2.36. The van der Waals surface area contributed by atoms with Gasteiger partial charge in [-0.1, -0.05) is 33.2 Å². The second-order valence-electron chi connectivity index (χ2n) is 4.96. The summed E-state index contributed by atoms with van der Waals surface area (Å²) in [6.07, 6.45) is 2.88. The van der Waals surface area contributed by atoms with E-state index >= 15 is 0 Å². The molecule has 2 rings (SSSR count). The van der Waals surface area contributed by atoms with Crippen LogP contribution in [0.25, 0.3) is 0 Å². The number of carbonyl (C=O) groups excluding carboxylic acids is 1. The number of amides is 1. The zero-order valence-corrected chi connectivity index (χ0v) is 12.7. The van der Waals surface area contributed by atoms with Crippen molar-refractivity contribution in [3.8, 4) is 0 Å². The molecular formula is C14H18BrN3O2. The van der Waals surface area contributed by atoms with Crippen molar-refractivity contribution in [2.75, 3.05) is 6.54 Å². The molecule has 1 fully saturated rings. The van der Waals surface area contributed by atoms with Crippen LogP contribution in [0.5, 0.6) is 0 Å². The molecule has 5 nitrogen and oxygen atoms in total. The number of oxime groups is 1. The second kappa shape index (κ2) is 6.74. The molecule has 1 aliphatic carbocycles. The van der Waals surface area contributed by atoms with Crippen molar-refractivity contribution in [2.24, 2.45) is 10.9 Å². The Bertz CT molecular complexity index is 498. The van der Waals surface area contributed by atoms with Gasteiger partial charge in [-0.3, -0.25) is 4.79 Å². The molecule has 3 N–H and O–H groups in total. The minimum absolute atomic E-state index is 0.0977. The predicted molar refractivity (Wildman–Crippen MR) is 80.6 cm³/mol. The maximum atomic E-state index is 12.4. The molecule has 1 amide bonds. The maximum absolute atomic E-state index is 12.4. The van der Waals surface area contributed by atoms with Crippen molar-refractivity contribution in [3.05, 3.63) is 34.3 Å². The third-order valence-corrected chi connectivity index (χ3v) is 3.84. The zero-order valence-electron chi connectivity index (χ0n) is 11.1. The number of nitrogens with two attached hydrogens (primary N) is 1. The predicted octanol–water partition coefficient (Wildman–Crippen LogP) is 2.12. The molecule has 0 unspecified atom stereocenters. The Morgan fingerprint density at radius 3 is 2.60 bits per heavy atom. The van der Waals surface area contributed by atoms with E-state index in [9.17, 15) is 4.79 Å². The van der Waals surface area contributed by atoms with Crippen molar-refractivity contribution in [3.63, 3.8) is 0 Å². The number of hydrogen-bond donors (Lipinski definition) is 2. The van der Waals surface area contributed by atoms with Gasteiger partial charge < -0.3 is 15.8 Å². The molecule has 0 saturated heterocycles. The Morgan fingerprint density at radius 1 is 1.40 bits per heavy atom. The molecule has 108 valence electrons. The summed E-state index contributed by atoms with van der Waals surface area (Å²) < 4.78 is 1.000. The molecule has 1 aromatic rings. The first-order valence-electron chi connectivity index (χ1n) is 6.60. The Hall–Kier alpha value is -1.56. The summed E-state index contributed by atoms with van der Waals surface area (Å²) in [7, 11) is 0. The monoisotopic (exact) mass is 339 g/mol. The van der Waals surface area contributed by atoms with E-state index in [0.29, 0.717) is 25.4 Å². The van der Waals surface area contributed by atoms with Crippen LogP contribution in [0.4, 0.5) is 0 Å². The van der Waals surface area contributed by atoms with Crippen LogP contribution in [0.3, 0.4) is 0 Å². The average Bonchev–Trinajstić information content (AvgIpc) is 3.26. The van der Waals surface area contributed by atoms with Crippen LogP contribution in [0.15, 0.2) is 33.9 Å². The molecule has 1 saturated carbocycles. The highest BCUT2D eigenvalue weighted by atomic mass is 79.9. The van der Waals surface area contributed by atoms with E-state index < -0.39 is 0 Å². The number of halogens is 1. The molecule has 1 aliphatic rings. The molecule has 0 bridgehead atoms. The number of benzene rings is 1. The topological polar surface area (TPSA) is 78.9 Å². The Kier molecular flexibility index (Phi) is 5.00. The number of hydrogen-bond acceptors (Lipinski definition) is 3. The SMILES string of the molecule is NC(CCN(C(=O)Cc1ccc(Br)cc1)C1CC1)=NO. The molecule has 0 atom stereocenters. The fourth-order valence-electron chi connectivity index (χ4n) is 2.06. The molecule has 0 spiro atoms. The van der Waals surface area contributed by atoms with Gasteiger partial charge in [0.2, 0.25) is 5.91 Å². The van der Waals surface area contributed by atoms with Crippen molar-refractivity contribution < 1.29 is 10.0 Å². The summed E-state index contributed by atoms with van der Waals surface area (Å²) in [5, 5.41) is 11.5. The van der Waals surface area contributed by atoms with Gasteiger partial charge in [-0.15, -0.1) is 0 Å². The summed E-state index contributed by atoms with van der Waals surface area (Å²) >= 11 is 3.38. The van der Waals surface area contributed by atoms with E-state index in [-0.39, 0.29) is 11.7 Å². The summed E-state index contributed by atoms with van der Waals surface area (Å²) in [6, 6.07) is 8.07. The third-order valence-electron chi connectivity index (χ3n) is 3.31. The zero-order chi connectivity index (χ0) is 14.5. The average molecular weight is 340 g/mol. The van der Waals surface area contributed by atoms with Crippen molar-refractivity contribution in [1.82, 2.24) is 4.90 Å². The number of nitrogens with zero attached hydrogens (tertiary/aromatic N) is 2. The van der Waals surface area contributed by atoms with Crippen LogP contribution >= 0.6 is 15.9 Å². The van der Waals surface area contributed by atoms with Gasteiger partial charge in [-0.25, -0.2) is 0 Å².